The zero-order chi connectivity index (χ0) is 22.5. The lowest BCUT2D eigenvalue weighted by Gasteiger charge is -2.34. The fourth-order valence-corrected chi connectivity index (χ4v) is 5.55. The summed E-state index contributed by atoms with van der Waals surface area (Å²) in [5.41, 5.74) is 4.16. The normalized spacial score (nSPS) is 16.8. The largest absolute Gasteiger partial charge is 0.373 e. The van der Waals surface area contributed by atoms with Gasteiger partial charge in [0.05, 0.1) is 35.2 Å². The molecule has 1 N–H and O–H groups in total. The van der Waals surface area contributed by atoms with Gasteiger partial charge in [0, 0.05) is 36.5 Å². The zero-order valence-electron chi connectivity index (χ0n) is 18.7. The van der Waals surface area contributed by atoms with Gasteiger partial charge >= 0.3 is 0 Å². The minimum Gasteiger partial charge on any atom is -0.373 e. The average molecular weight is 472 g/mol. The van der Waals surface area contributed by atoms with E-state index in [1.54, 1.807) is 23.5 Å². The SMILES string of the molecule is Cc1c(SCC(=O)N2CCOC(CN(C)C)C2)ccnc1CSc1nc2ccccc2[nH]1. The standard InChI is InChI=1S/C23H29N5O2S2/c1-16-20(14-32-23-25-18-6-4-5-7-19(18)26-23)24-9-8-21(16)31-15-22(29)28-10-11-30-17(13-28)12-27(2)3/h4-9,17H,10-15H2,1-3H3,(H,25,26). The number of H-pyrrole nitrogens is 1. The summed E-state index contributed by atoms with van der Waals surface area (Å²) in [6.07, 6.45) is 1.91. The Morgan fingerprint density at radius 2 is 2.12 bits per heavy atom. The van der Waals surface area contributed by atoms with Crippen molar-refractivity contribution in [3.63, 3.8) is 0 Å². The van der Waals surface area contributed by atoms with E-state index in [-0.39, 0.29) is 12.0 Å². The molecule has 9 heteroatoms. The van der Waals surface area contributed by atoms with Crippen molar-refractivity contribution < 1.29 is 9.53 Å². The van der Waals surface area contributed by atoms with Crippen LogP contribution in [0, 0.1) is 6.92 Å². The van der Waals surface area contributed by atoms with Crippen LogP contribution in [0.5, 0.6) is 0 Å². The number of nitrogens with one attached hydrogen (secondary N) is 1. The third kappa shape index (κ3) is 5.83. The Labute approximate surface area is 197 Å². The zero-order valence-corrected chi connectivity index (χ0v) is 20.3. The van der Waals surface area contributed by atoms with Gasteiger partial charge in [0.2, 0.25) is 5.91 Å². The maximum absolute atomic E-state index is 12.8. The molecule has 32 heavy (non-hydrogen) atoms. The predicted octanol–water partition coefficient (Wildman–Crippen LogP) is 3.44. The fraction of sp³-hybridized carbons (Fsp3) is 0.435. The molecule has 0 saturated carbocycles. The molecule has 2 aromatic heterocycles. The van der Waals surface area contributed by atoms with Crippen LogP contribution in [0.1, 0.15) is 11.3 Å². The van der Waals surface area contributed by atoms with Crippen molar-refractivity contribution in [3.05, 3.63) is 47.8 Å². The first kappa shape index (κ1) is 23.1. The Morgan fingerprint density at radius 1 is 1.28 bits per heavy atom. The van der Waals surface area contributed by atoms with E-state index in [9.17, 15) is 4.79 Å². The summed E-state index contributed by atoms with van der Waals surface area (Å²) < 4.78 is 5.79. The highest BCUT2D eigenvalue weighted by Gasteiger charge is 2.24. The van der Waals surface area contributed by atoms with Crippen molar-refractivity contribution in [2.24, 2.45) is 0 Å². The molecule has 4 rings (SSSR count). The van der Waals surface area contributed by atoms with Gasteiger partial charge in [-0.3, -0.25) is 9.78 Å². The van der Waals surface area contributed by atoms with Gasteiger partial charge < -0.3 is 19.5 Å². The molecule has 170 valence electrons. The molecule has 1 saturated heterocycles. The number of aromatic nitrogens is 3. The van der Waals surface area contributed by atoms with E-state index in [1.165, 1.54) is 0 Å². The number of pyridine rings is 1. The number of aromatic amines is 1. The number of carbonyl (C=O) groups excluding carboxylic acids is 1. The quantitative estimate of drug-likeness (QED) is 0.505. The van der Waals surface area contributed by atoms with Crippen molar-refractivity contribution in [2.75, 3.05) is 46.1 Å². The van der Waals surface area contributed by atoms with Crippen LogP contribution in [0.25, 0.3) is 11.0 Å². The monoisotopic (exact) mass is 471 g/mol. The van der Waals surface area contributed by atoms with Crippen LogP contribution in [0.2, 0.25) is 0 Å². The molecule has 1 amide bonds. The molecule has 3 heterocycles. The van der Waals surface area contributed by atoms with Crippen LogP contribution in [-0.4, -0.2) is 82.9 Å². The van der Waals surface area contributed by atoms with E-state index in [1.807, 2.05) is 55.5 Å². The molecule has 7 nitrogen and oxygen atoms in total. The van der Waals surface area contributed by atoms with Crippen LogP contribution in [0.15, 0.2) is 46.6 Å². The van der Waals surface area contributed by atoms with Gasteiger partial charge in [-0.05, 0) is 44.8 Å². The second-order valence-electron chi connectivity index (χ2n) is 8.11. The van der Waals surface area contributed by atoms with E-state index < -0.39 is 0 Å². The van der Waals surface area contributed by atoms with E-state index in [0.717, 1.165) is 44.6 Å². The second-order valence-corrected chi connectivity index (χ2v) is 10.1. The summed E-state index contributed by atoms with van der Waals surface area (Å²) in [5, 5.41) is 0.889. The summed E-state index contributed by atoms with van der Waals surface area (Å²) in [6, 6.07) is 10.0. The third-order valence-electron chi connectivity index (χ3n) is 5.38. The molecule has 1 atom stereocenters. The Bertz CT molecular complexity index is 1040. The summed E-state index contributed by atoms with van der Waals surface area (Å²) in [4.78, 5) is 30.5. The summed E-state index contributed by atoms with van der Waals surface area (Å²) in [6.45, 7) is 4.83. The Kier molecular flexibility index (Phi) is 7.72. The van der Waals surface area contributed by atoms with E-state index in [0.29, 0.717) is 25.4 Å². The summed E-state index contributed by atoms with van der Waals surface area (Å²) in [5.74, 6) is 1.32. The number of hydrogen-bond donors (Lipinski definition) is 1. The number of thioether (sulfide) groups is 2. The molecule has 1 aliphatic heterocycles. The van der Waals surface area contributed by atoms with E-state index in [2.05, 4.69) is 26.8 Å². The van der Waals surface area contributed by atoms with Crippen LogP contribution in [-0.2, 0) is 15.3 Å². The molecule has 1 aliphatic rings. The number of fused-ring (bicyclic) bond motifs is 1. The van der Waals surface area contributed by atoms with Crippen molar-refractivity contribution in [1.29, 1.82) is 0 Å². The number of para-hydroxylation sites is 2. The van der Waals surface area contributed by atoms with Crippen molar-refractivity contribution in [3.8, 4) is 0 Å². The van der Waals surface area contributed by atoms with Gasteiger partial charge in [-0.15, -0.1) is 11.8 Å². The molecule has 0 bridgehead atoms. The van der Waals surface area contributed by atoms with Crippen LogP contribution >= 0.6 is 23.5 Å². The number of benzene rings is 1. The van der Waals surface area contributed by atoms with Crippen molar-refractivity contribution in [1.82, 2.24) is 24.8 Å². The summed E-state index contributed by atoms with van der Waals surface area (Å²) in [7, 11) is 4.05. The molecule has 0 radical (unpaired) electrons. The molecular weight excluding hydrogens is 442 g/mol. The highest BCUT2D eigenvalue weighted by Crippen LogP contribution is 2.28. The number of imidazole rings is 1. The maximum Gasteiger partial charge on any atom is 0.233 e. The van der Waals surface area contributed by atoms with Gasteiger partial charge in [0.1, 0.15) is 0 Å². The summed E-state index contributed by atoms with van der Waals surface area (Å²) >= 11 is 3.23. The molecule has 0 aliphatic carbocycles. The third-order valence-corrected chi connectivity index (χ3v) is 7.41. The number of ether oxygens (including phenoxy) is 1. The van der Waals surface area contributed by atoms with E-state index >= 15 is 0 Å². The van der Waals surface area contributed by atoms with Crippen LogP contribution in [0.3, 0.4) is 0 Å². The van der Waals surface area contributed by atoms with Gasteiger partial charge in [-0.1, -0.05) is 23.9 Å². The van der Waals surface area contributed by atoms with Crippen molar-refractivity contribution in [2.45, 2.75) is 28.8 Å². The Morgan fingerprint density at radius 3 is 2.94 bits per heavy atom. The number of amides is 1. The Hall–Kier alpha value is -2.07. The van der Waals surface area contributed by atoms with Gasteiger partial charge in [0.15, 0.2) is 5.16 Å². The van der Waals surface area contributed by atoms with Gasteiger partial charge in [-0.25, -0.2) is 4.98 Å². The number of rotatable bonds is 8. The van der Waals surface area contributed by atoms with E-state index in [4.69, 9.17) is 4.74 Å². The van der Waals surface area contributed by atoms with Gasteiger partial charge in [-0.2, -0.15) is 0 Å². The lowest BCUT2D eigenvalue weighted by Crippen LogP contribution is -2.49. The number of likely N-dealkylation sites (N-methyl/N-ethyl adjacent to an activating group) is 1. The molecular formula is C23H29N5O2S2. The fourth-order valence-electron chi connectivity index (χ4n) is 3.69. The number of morpholine rings is 1. The first-order valence-corrected chi connectivity index (χ1v) is 12.7. The lowest BCUT2D eigenvalue weighted by atomic mass is 10.2. The van der Waals surface area contributed by atoms with Gasteiger partial charge in [0.25, 0.3) is 0 Å². The average Bonchev–Trinajstić information content (AvgIpc) is 3.20. The molecule has 3 aromatic rings. The molecule has 1 aromatic carbocycles. The number of carbonyl (C=O) groups is 1. The molecule has 1 unspecified atom stereocenters. The smallest absolute Gasteiger partial charge is 0.233 e. The number of hydrogen-bond acceptors (Lipinski definition) is 7. The first-order valence-electron chi connectivity index (χ1n) is 10.7. The van der Waals surface area contributed by atoms with Crippen LogP contribution < -0.4 is 0 Å². The second kappa shape index (κ2) is 10.7. The maximum atomic E-state index is 12.8. The van der Waals surface area contributed by atoms with Crippen molar-refractivity contribution >= 4 is 40.5 Å². The topological polar surface area (TPSA) is 74.3 Å². The first-order chi connectivity index (χ1) is 15.5. The minimum absolute atomic E-state index is 0.0808. The minimum atomic E-state index is 0.0808. The Balaban J connectivity index is 1.33. The molecule has 0 spiro atoms. The highest BCUT2D eigenvalue weighted by atomic mass is 32.2. The van der Waals surface area contributed by atoms with Crippen LogP contribution in [0.4, 0.5) is 0 Å². The highest BCUT2D eigenvalue weighted by molar-refractivity contribution is 8.00. The lowest BCUT2D eigenvalue weighted by molar-refractivity contribution is -0.136. The molecule has 1 fully saturated rings. The number of nitrogens with zero attached hydrogens (tertiary/aromatic N) is 4. The predicted molar refractivity (Wildman–Crippen MR) is 130 cm³/mol.